The van der Waals surface area contributed by atoms with Crippen molar-refractivity contribution < 1.29 is 109 Å². The Morgan fingerprint density at radius 3 is 1.96 bits per heavy atom. The summed E-state index contributed by atoms with van der Waals surface area (Å²) in [5.41, 5.74) is 0. The van der Waals surface area contributed by atoms with E-state index in [1.165, 1.54) is 13.8 Å². The summed E-state index contributed by atoms with van der Waals surface area (Å²) in [4.78, 5) is 24.7. The molecule has 0 aromatic carbocycles. The van der Waals surface area contributed by atoms with Crippen LogP contribution in [0.15, 0.2) is 0 Å². The van der Waals surface area contributed by atoms with Gasteiger partial charge in [0.1, 0.15) is 73.2 Å². The molecule has 0 aromatic rings. The molecule has 23 heteroatoms. The van der Waals surface area contributed by atoms with Crippen molar-refractivity contribution in [1.29, 1.82) is 0 Å². The van der Waals surface area contributed by atoms with E-state index in [2.05, 4.69) is 5.32 Å². The Kier molecular flexibility index (Phi) is 14.9. The van der Waals surface area contributed by atoms with Gasteiger partial charge in [-0.1, -0.05) is 6.92 Å². The monoisotopic (exact) mass is 777 g/mol. The van der Waals surface area contributed by atoms with Crippen molar-refractivity contribution in [3.63, 3.8) is 0 Å². The maximum atomic E-state index is 12.8. The van der Waals surface area contributed by atoms with Gasteiger partial charge in [0, 0.05) is 19.3 Å². The number of aliphatic carboxylic acids is 1. The van der Waals surface area contributed by atoms with Gasteiger partial charge >= 0.3 is 5.97 Å². The molecule has 53 heavy (non-hydrogen) atoms. The van der Waals surface area contributed by atoms with Crippen LogP contribution >= 0.6 is 0 Å². The Bertz CT molecular complexity index is 1220. The van der Waals surface area contributed by atoms with Gasteiger partial charge in [0.2, 0.25) is 5.91 Å². The number of aliphatic hydroxyl groups excluding tert-OH is 12. The second-order valence-corrected chi connectivity index (χ2v) is 13.7. The molecular weight excluding hydrogens is 726 g/mol. The molecule has 4 aliphatic heterocycles. The number of carboxylic acids is 1. The maximum absolute atomic E-state index is 12.8. The van der Waals surface area contributed by atoms with Crippen LogP contribution in [0.3, 0.4) is 0 Å². The highest BCUT2D eigenvalue weighted by Crippen LogP contribution is 2.39. The second-order valence-electron chi connectivity index (χ2n) is 13.7. The van der Waals surface area contributed by atoms with Crippen LogP contribution in [0.1, 0.15) is 27.2 Å². The minimum absolute atomic E-state index is 0.760. The van der Waals surface area contributed by atoms with Crippen LogP contribution in [0.4, 0.5) is 0 Å². The highest BCUT2D eigenvalue weighted by molar-refractivity contribution is 5.76. The molecular formula is C30H51NO22. The number of aliphatic hydroxyl groups is 12. The number of amides is 1. The van der Waals surface area contributed by atoms with E-state index in [0.717, 1.165) is 6.92 Å². The fraction of sp³-hybridized carbons (Fsp3) is 0.933. The summed E-state index contributed by atoms with van der Waals surface area (Å²) in [6.45, 7) is 0.918. The van der Waals surface area contributed by atoms with E-state index in [4.69, 9.17) is 33.2 Å². The number of hydrogen-bond acceptors (Lipinski definition) is 21. The molecule has 0 aliphatic carbocycles. The summed E-state index contributed by atoms with van der Waals surface area (Å²) in [7, 11) is 0. The third-order valence-corrected chi connectivity index (χ3v) is 9.88. The summed E-state index contributed by atoms with van der Waals surface area (Å²) in [5.74, 6) is -6.91. The van der Waals surface area contributed by atoms with Crippen molar-refractivity contribution >= 4 is 11.9 Å². The van der Waals surface area contributed by atoms with E-state index in [0.29, 0.717) is 0 Å². The molecule has 0 radical (unpaired) electrons. The van der Waals surface area contributed by atoms with Gasteiger partial charge in [-0.15, -0.1) is 0 Å². The first-order chi connectivity index (χ1) is 24.8. The molecule has 0 bridgehead atoms. The molecule has 21 atom stereocenters. The predicted molar refractivity (Wildman–Crippen MR) is 164 cm³/mol. The average molecular weight is 778 g/mol. The summed E-state index contributed by atoms with van der Waals surface area (Å²) >= 11 is 0. The third kappa shape index (κ3) is 9.09. The lowest BCUT2D eigenvalue weighted by atomic mass is 9.88. The quantitative estimate of drug-likeness (QED) is 0.0825. The third-order valence-electron chi connectivity index (χ3n) is 9.88. The van der Waals surface area contributed by atoms with Crippen LogP contribution in [0.2, 0.25) is 0 Å². The van der Waals surface area contributed by atoms with Gasteiger partial charge < -0.3 is 105 Å². The van der Waals surface area contributed by atoms with Gasteiger partial charge in [0.25, 0.3) is 5.79 Å². The first kappa shape index (κ1) is 43.9. The van der Waals surface area contributed by atoms with Crippen molar-refractivity contribution in [2.24, 2.45) is 5.92 Å². The Morgan fingerprint density at radius 1 is 0.792 bits per heavy atom. The zero-order valence-corrected chi connectivity index (χ0v) is 28.9. The molecule has 4 fully saturated rings. The molecule has 1 amide bonds. The van der Waals surface area contributed by atoms with Gasteiger partial charge in [0.05, 0.1) is 44.2 Å². The van der Waals surface area contributed by atoms with Crippen LogP contribution in [-0.4, -0.2) is 220 Å². The van der Waals surface area contributed by atoms with Crippen LogP contribution < -0.4 is 5.32 Å². The Morgan fingerprint density at radius 2 is 1.40 bits per heavy atom. The lowest BCUT2D eigenvalue weighted by molar-refractivity contribution is -0.392. The molecule has 0 aromatic heterocycles. The number of carbonyl (C=O) groups excluding carboxylic acids is 1. The molecule has 4 aliphatic rings. The Balaban J connectivity index is 1.66. The first-order valence-corrected chi connectivity index (χ1v) is 16.9. The molecule has 0 spiro atoms. The molecule has 14 N–H and O–H groups in total. The van der Waals surface area contributed by atoms with Gasteiger partial charge in [0.15, 0.2) is 18.9 Å². The summed E-state index contributed by atoms with van der Waals surface area (Å²) in [6.07, 6.45) is -32.9. The van der Waals surface area contributed by atoms with Gasteiger partial charge in [-0.25, -0.2) is 4.79 Å². The zero-order valence-electron chi connectivity index (χ0n) is 28.9. The van der Waals surface area contributed by atoms with Crippen molar-refractivity contribution in [2.45, 2.75) is 149 Å². The topological polar surface area (TPSA) is 374 Å². The highest BCUT2D eigenvalue weighted by Gasteiger charge is 2.60. The minimum Gasteiger partial charge on any atom is -0.477 e. The van der Waals surface area contributed by atoms with Crippen LogP contribution in [0.5, 0.6) is 0 Å². The number of hydrogen-bond donors (Lipinski definition) is 14. The van der Waals surface area contributed by atoms with Crippen LogP contribution in [0.25, 0.3) is 0 Å². The lowest BCUT2D eigenvalue weighted by Gasteiger charge is -2.51. The first-order valence-electron chi connectivity index (χ1n) is 16.9. The SMILES string of the molecule is CC(=O)N[C@@H]1C(O)C[C@](OC2C(O)[C@H](O[C@@H]3C(C)[C@H](O)OC(CO)[C@H]3O[C@@H]3O[C@@H](C)[C@@H](O)C(O)C3O)OC(CO)[C@@H]2O)(C(=O)O)OC1[C@H](O)[C@H](O)CO. The smallest absolute Gasteiger partial charge is 0.364 e. The second kappa shape index (κ2) is 18.0. The fourth-order valence-electron chi connectivity index (χ4n) is 6.78. The number of nitrogens with one attached hydrogen (secondary N) is 1. The van der Waals surface area contributed by atoms with Crippen LogP contribution in [0, 0.1) is 5.92 Å². The van der Waals surface area contributed by atoms with E-state index in [9.17, 15) is 76.0 Å². The average Bonchev–Trinajstić information content (AvgIpc) is 3.11. The summed E-state index contributed by atoms with van der Waals surface area (Å²) in [6, 6.07) is -1.57. The van der Waals surface area contributed by atoms with Crippen molar-refractivity contribution in [2.75, 3.05) is 19.8 Å². The molecule has 4 heterocycles. The lowest BCUT2D eigenvalue weighted by Crippen LogP contribution is -2.70. The maximum Gasteiger partial charge on any atom is 0.364 e. The van der Waals surface area contributed by atoms with Gasteiger partial charge in [-0.3, -0.25) is 4.79 Å². The summed E-state index contributed by atoms with van der Waals surface area (Å²) < 4.78 is 39.7. The molecule has 0 saturated carbocycles. The number of carbonyl (C=O) groups is 2. The van der Waals surface area contributed by atoms with E-state index >= 15 is 0 Å². The molecule has 9 unspecified atom stereocenters. The Hall–Kier alpha value is -1.82. The fourth-order valence-corrected chi connectivity index (χ4v) is 6.78. The molecule has 4 saturated heterocycles. The van der Waals surface area contributed by atoms with Crippen LogP contribution in [-0.2, 0) is 42.7 Å². The Labute approximate surface area is 301 Å². The molecule has 4 rings (SSSR count). The van der Waals surface area contributed by atoms with Crippen molar-refractivity contribution in [1.82, 2.24) is 5.32 Å². The minimum atomic E-state index is -3.06. The van der Waals surface area contributed by atoms with Gasteiger partial charge in [-0.05, 0) is 6.92 Å². The number of rotatable bonds is 13. The number of carboxylic acid groups (broad SMARTS) is 1. The van der Waals surface area contributed by atoms with Crippen molar-refractivity contribution in [3.05, 3.63) is 0 Å². The summed E-state index contributed by atoms with van der Waals surface area (Å²) in [5, 5.41) is 138. The molecule has 308 valence electrons. The normalized spacial score (nSPS) is 47.8. The largest absolute Gasteiger partial charge is 0.477 e. The predicted octanol–water partition coefficient (Wildman–Crippen LogP) is -8.10. The van der Waals surface area contributed by atoms with E-state index < -0.39 is 166 Å². The number of ether oxygens (including phenoxy) is 7. The zero-order chi connectivity index (χ0) is 39.7. The van der Waals surface area contributed by atoms with E-state index in [-0.39, 0.29) is 0 Å². The van der Waals surface area contributed by atoms with Gasteiger partial charge in [-0.2, -0.15) is 0 Å². The highest BCUT2D eigenvalue weighted by atomic mass is 16.8. The standard InChI is InChI=1S/C30H51NO22/c1-8-22(23(14(7-34)48-26(8)44)51-27-20(42)19(41)16(38)9(2)47-27)50-28-21(43)25(18(40)13(6-33)49-28)53-30(29(45)46)4-11(36)15(31-10(3)35)24(52-30)17(39)12(37)5-32/h8-9,11-28,32-34,36-44H,4-7H2,1-3H3,(H,31,35)(H,45,46)/t8?,9-,11?,12+,13?,14?,15+,16+,17+,18-,19?,20?,21?,22+,23+,24?,25?,26+,27-,28-,30-/m0/s1. The van der Waals surface area contributed by atoms with E-state index in [1.807, 2.05) is 0 Å². The van der Waals surface area contributed by atoms with E-state index in [1.54, 1.807) is 0 Å². The molecule has 23 nitrogen and oxygen atoms in total. The van der Waals surface area contributed by atoms with Crippen molar-refractivity contribution in [3.8, 4) is 0 Å².